The molecule has 0 heterocycles. The second-order valence-electron chi connectivity index (χ2n) is 14.5. The standard InChI is InChI=1S/C30H46O3/c1-18(2)20-11-13-30(25(32)33)15-14-28(6)21(24(20)30)8-9-22-27(5)12-10-19(31)16-23(27)26(3,4)17-29(22,28)7/h20-24H,1,8-17H2,2-7H3,(H,32,33). The lowest BCUT2D eigenvalue weighted by molar-refractivity contribution is -0.250. The Balaban J connectivity index is 1.61. The lowest BCUT2D eigenvalue weighted by Crippen LogP contribution is -2.67. The van der Waals surface area contributed by atoms with E-state index in [9.17, 15) is 14.7 Å². The molecule has 0 spiro atoms. The minimum Gasteiger partial charge on any atom is -0.481 e. The van der Waals surface area contributed by atoms with Crippen LogP contribution in [0, 0.1) is 56.7 Å². The van der Waals surface area contributed by atoms with Crippen LogP contribution in [0.1, 0.15) is 106 Å². The van der Waals surface area contributed by atoms with Crippen LogP contribution in [0.4, 0.5) is 0 Å². The molecule has 0 saturated heterocycles. The average molecular weight is 455 g/mol. The monoisotopic (exact) mass is 454 g/mol. The van der Waals surface area contributed by atoms with E-state index in [2.05, 4.69) is 48.1 Å². The first-order valence-corrected chi connectivity index (χ1v) is 13.6. The summed E-state index contributed by atoms with van der Waals surface area (Å²) in [6, 6.07) is 0. The van der Waals surface area contributed by atoms with E-state index < -0.39 is 11.4 Å². The third kappa shape index (κ3) is 2.80. The Kier molecular flexibility index (Phi) is 4.99. The van der Waals surface area contributed by atoms with Crippen LogP contribution in [0.5, 0.6) is 0 Å². The molecule has 184 valence electrons. The Hall–Kier alpha value is -1.12. The molecule has 1 N–H and O–H groups in total. The van der Waals surface area contributed by atoms with Gasteiger partial charge in [-0.2, -0.15) is 0 Å². The lowest BCUT2D eigenvalue weighted by Gasteiger charge is -2.73. The maximum Gasteiger partial charge on any atom is 0.309 e. The SMILES string of the molecule is C=C(C)C1CCC2(C(=O)O)CCC3(C)C(CCC4C5(C)CCC(=O)CC5C(C)(C)CC43C)C12. The van der Waals surface area contributed by atoms with Gasteiger partial charge in [0.1, 0.15) is 5.78 Å². The molecule has 0 amide bonds. The van der Waals surface area contributed by atoms with E-state index in [1.807, 2.05) is 0 Å². The molecular weight excluding hydrogens is 408 g/mol. The first-order chi connectivity index (χ1) is 15.2. The van der Waals surface area contributed by atoms with E-state index in [1.165, 1.54) is 12.0 Å². The molecule has 0 bridgehead atoms. The van der Waals surface area contributed by atoms with Gasteiger partial charge in [0.15, 0.2) is 0 Å². The fraction of sp³-hybridized carbons (Fsp3) is 0.867. The number of carbonyl (C=O) groups excluding carboxylic acids is 1. The number of ketones is 1. The summed E-state index contributed by atoms with van der Waals surface area (Å²) >= 11 is 0. The Morgan fingerprint density at radius 1 is 0.939 bits per heavy atom. The molecule has 9 atom stereocenters. The van der Waals surface area contributed by atoms with Crippen molar-refractivity contribution in [3.05, 3.63) is 12.2 Å². The zero-order valence-corrected chi connectivity index (χ0v) is 21.9. The van der Waals surface area contributed by atoms with Crippen LogP contribution in [0.15, 0.2) is 12.2 Å². The molecule has 5 fully saturated rings. The average Bonchev–Trinajstić information content (AvgIpc) is 3.11. The van der Waals surface area contributed by atoms with Gasteiger partial charge in [-0.3, -0.25) is 9.59 Å². The zero-order chi connectivity index (χ0) is 24.2. The summed E-state index contributed by atoms with van der Waals surface area (Å²) in [6.07, 6.45) is 9.74. The minimum atomic E-state index is -0.551. The predicted molar refractivity (Wildman–Crippen MR) is 132 cm³/mol. The molecule has 0 radical (unpaired) electrons. The molecule has 0 aliphatic heterocycles. The van der Waals surface area contributed by atoms with E-state index in [1.54, 1.807) is 0 Å². The summed E-state index contributed by atoms with van der Waals surface area (Å²) in [5, 5.41) is 10.5. The highest BCUT2D eigenvalue weighted by Gasteiger charge is 2.72. The van der Waals surface area contributed by atoms with Crippen molar-refractivity contribution in [1.29, 1.82) is 0 Å². The van der Waals surface area contributed by atoms with Gasteiger partial charge in [0.05, 0.1) is 5.41 Å². The van der Waals surface area contributed by atoms with Crippen LogP contribution in [0.2, 0.25) is 0 Å². The summed E-state index contributed by atoms with van der Waals surface area (Å²) < 4.78 is 0. The number of fused-ring (bicyclic) bond motifs is 7. The highest BCUT2D eigenvalue weighted by atomic mass is 16.4. The van der Waals surface area contributed by atoms with E-state index in [0.29, 0.717) is 29.5 Å². The zero-order valence-electron chi connectivity index (χ0n) is 21.9. The Bertz CT molecular complexity index is 902. The van der Waals surface area contributed by atoms with Crippen molar-refractivity contribution in [2.75, 3.05) is 0 Å². The van der Waals surface area contributed by atoms with Crippen LogP contribution < -0.4 is 0 Å². The Morgan fingerprint density at radius 3 is 2.27 bits per heavy atom. The van der Waals surface area contributed by atoms with Gasteiger partial charge in [-0.05, 0) is 110 Å². The van der Waals surface area contributed by atoms with Crippen LogP contribution in [-0.4, -0.2) is 16.9 Å². The van der Waals surface area contributed by atoms with Crippen molar-refractivity contribution in [3.8, 4) is 0 Å². The molecule has 0 aromatic rings. The smallest absolute Gasteiger partial charge is 0.309 e. The summed E-state index contributed by atoms with van der Waals surface area (Å²) in [5.41, 5.74) is 1.31. The molecule has 5 rings (SSSR count). The summed E-state index contributed by atoms with van der Waals surface area (Å²) in [5.74, 6) is 2.04. The van der Waals surface area contributed by atoms with Crippen molar-refractivity contribution in [3.63, 3.8) is 0 Å². The second-order valence-corrected chi connectivity index (χ2v) is 14.5. The normalized spacial score (nSPS) is 52.8. The number of aliphatic carboxylic acids is 1. The van der Waals surface area contributed by atoms with Gasteiger partial charge in [0, 0.05) is 12.8 Å². The van der Waals surface area contributed by atoms with Crippen molar-refractivity contribution in [2.24, 2.45) is 56.7 Å². The quantitative estimate of drug-likeness (QED) is 0.445. The van der Waals surface area contributed by atoms with Crippen LogP contribution in [0.25, 0.3) is 0 Å². The van der Waals surface area contributed by atoms with E-state index in [0.717, 1.165) is 57.8 Å². The molecule has 0 aromatic carbocycles. The molecule has 33 heavy (non-hydrogen) atoms. The minimum absolute atomic E-state index is 0.131. The largest absolute Gasteiger partial charge is 0.481 e. The number of Topliss-reactive ketones (excluding diaryl/α,β-unsaturated/α-hetero) is 1. The molecule has 5 aliphatic carbocycles. The third-order valence-corrected chi connectivity index (χ3v) is 12.9. The topological polar surface area (TPSA) is 54.4 Å². The maximum atomic E-state index is 12.8. The number of rotatable bonds is 2. The van der Waals surface area contributed by atoms with Gasteiger partial charge >= 0.3 is 5.97 Å². The summed E-state index contributed by atoms with van der Waals surface area (Å²) in [4.78, 5) is 25.3. The van der Waals surface area contributed by atoms with Crippen LogP contribution in [-0.2, 0) is 9.59 Å². The van der Waals surface area contributed by atoms with Gasteiger partial charge in [0.25, 0.3) is 0 Å². The van der Waals surface area contributed by atoms with Crippen molar-refractivity contribution >= 4 is 11.8 Å². The highest BCUT2D eigenvalue weighted by molar-refractivity contribution is 5.80. The molecular formula is C30H46O3. The molecule has 5 aliphatic rings. The van der Waals surface area contributed by atoms with Crippen LogP contribution >= 0.6 is 0 Å². The lowest BCUT2D eigenvalue weighted by atomic mass is 9.31. The van der Waals surface area contributed by atoms with Gasteiger partial charge in [-0.15, -0.1) is 0 Å². The van der Waals surface area contributed by atoms with E-state index in [-0.39, 0.29) is 27.6 Å². The van der Waals surface area contributed by atoms with Gasteiger partial charge in [-0.1, -0.05) is 46.8 Å². The molecule has 5 saturated carbocycles. The Labute approximate surface area is 201 Å². The number of hydrogen-bond donors (Lipinski definition) is 1. The first-order valence-electron chi connectivity index (χ1n) is 13.6. The van der Waals surface area contributed by atoms with Crippen molar-refractivity contribution in [2.45, 2.75) is 106 Å². The second kappa shape index (κ2) is 6.97. The van der Waals surface area contributed by atoms with Crippen molar-refractivity contribution < 1.29 is 14.7 Å². The van der Waals surface area contributed by atoms with E-state index >= 15 is 0 Å². The molecule has 3 heteroatoms. The Morgan fingerprint density at radius 2 is 1.64 bits per heavy atom. The van der Waals surface area contributed by atoms with Gasteiger partial charge in [0.2, 0.25) is 0 Å². The van der Waals surface area contributed by atoms with Crippen LogP contribution in [0.3, 0.4) is 0 Å². The third-order valence-electron chi connectivity index (χ3n) is 12.9. The summed E-state index contributed by atoms with van der Waals surface area (Å²) in [6.45, 7) is 19.0. The predicted octanol–water partition coefficient (Wildman–Crippen LogP) is 7.30. The summed E-state index contributed by atoms with van der Waals surface area (Å²) in [7, 11) is 0. The highest BCUT2D eigenvalue weighted by Crippen LogP contribution is 2.78. The van der Waals surface area contributed by atoms with E-state index in [4.69, 9.17) is 0 Å². The number of carbonyl (C=O) groups is 2. The first kappa shape index (κ1) is 23.6. The fourth-order valence-corrected chi connectivity index (χ4v) is 11.5. The van der Waals surface area contributed by atoms with Gasteiger partial charge in [-0.25, -0.2) is 0 Å². The number of carboxylic acids is 1. The molecule has 0 aromatic heterocycles. The van der Waals surface area contributed by atoms with Crippen molar-refractivity contribution in [1.82, 2.24) is 0 Å². The molecule has 9 unspecified atom stereocenters. The van der Waals surface area contributed by atoms with Gasteiger partial charge < -0.3 is 5.11 Å². The maximum absolute atomic E-state index is 12.8. The number of allylic oxidation sites excluding steroid dienone is 1. The fourth-order valence-electron chi connectivity index (χ4n) is 11.5. The number of hydrogen-bond acceptors (Lipinski definition) is 2. The molecule has 3 nitrogen and oxygen atoms in total. The number of carboxylic acid groups (broad SMARTS) is 1.